The van der Waals surface area contributed by atoms with Gasteiger partial charge in [0.15, 0.2) is 0 Å². The van der Waals surface area contributed by atoms with Gasteiger partial charge in [-0.2, -0.15) is 13.2 Å². The monoisotopic (exact) mass is 365 g/mol. The molecule has 0 aliphatic carbocycles. The molecule has 1 aliphatic heterocycles. The highest BCUT2D eigenvalue weighted by Crippen LogP contribution is 2.30. The molecule has 0 saturated heterocycles. The fourth-order valence-corrected chi connectivity index (χ4v) is 3.08. The summed E-state index contributed by atoms with van der Waals surface area (Å²) in [4.78, 5) is 21.9. The Morgan fingerprint density at radius 2 is 1.92 bits per heavy atom. The minimum Gasteiger partial charge on any atom is -0.306 e. The number of hydrogen-bond donors (Lipinski definition) is 1. The first kappa shape index (κ1) is 18.6. The smallest absolute Gasteiger partial charge is 0.306 e. The van der Waals surface area contributed by atoms with E-state index >= 15 is 0 Å². The summed E-state index contributed by atoms with van der Waals surface area (Å²) in [6.45, 7) is 6.71. The zero-order valence-electron chi connectivity index (χ0n) is 14.9. The molecular formula is C19H22F3N3O. The van der Waals surface area contributed by atoms with E-state index in [0.29, 0.717) is 35.8 Å². The Hall–Kier alpha value is -2.15. The van der Waals surface area contributed by atoms with Crippen LogP contribution in [0.1, 0.15) is 37.1 Å². The molecule has 4 nitrogen and oxygen atoms in total. The first-order valence-electron chi connectivity index (χ1n) is 8.76. The van der Waals surface area contributed by atoms with Crippen LogP contribution in [0.25, 0.3) is 11.4 Å². The quantitative estimate of drug-likeness (QED) is 0.895. The van der Waals surface area contributed by atoms with Crippen molar-refractivity contribution in [3.8, 4) is 11.4 Å². The van der Waals surface area contributed by atoms with Gasteiger partial charge in [0.2, 0.25) is 0 Å². The highest BCUT2D eigenvalue weighted by Gasteiger charge is 2.30. The van der Waals surface area contributed by atoms with Crippen molar-refractivity contribution in [3.63, 3.8) is 0 Å². The molecule has 1 N–H and O–H groups in total. The van der Waals surface area contributed by atoms with Crippen molar-refractivity contribution < 1.29 is 13.2 Å². The molecule has 0 fully saturated rings. The highest BCUT2D eigenvalue weighted by atomic mass is 19.4. The molecule has 1 aliphatic rings. The second-order valence-electron chi connectivity index (χ2n) is 7.12. The van der Waals surface area contributed by atoms with Crippen LogP contribution in [0.2, 0.25) is 0 Å². The van der Waals surface area contributed by atoms with E-state index < -0.39 is 11.7 Å². The number of alkyl halides is 3. The van der Waals surface area contributed by atoms with E-state index in [4.69, 9.17) is 0 Å². The average Bonchev–Trinajstić information content (AvgIpc) is 2.59. The van der Waals surface area contributed by atoms with E-state index in [1.807, 2.05) is 0 Å². The summed E-state index contributed by atoms with van der Waals surface area (Å²) in [7, 11) is 0. The van der Waals surface area contributed by atoms with Crippen molar-refractivity contribution in [3.05, 3.63) is 51.4 Å². The van der Waals surface area contributed by atoms with Gasteiger partial charge in [-0.15, -0.1) is 0 Å². The number of fused-ring (bicyclic) bond motifs is 1. The van der Waals surface area contributed by atoms with Gasteiger partial charge in [-0.25, -0.2) is 4.98 Å². The average molecular weight is 365 g/mol. The van der Waals surface area contributed by atoms with Gasteiger partial charge >= 0.3 is 6.18 Å². The third kappa shape index (κ3) is 4.15. The van der Waals surface area contributed by atoms with Crippen molar-refractivity contribution >= 4 is 0 Å². The molecule has 0 atom stereocenters. The van der Waals surface area contributed by atoms with E-state index in [9.17, 15) is 18.0 Å². The minimum atomic E-state index is -4.38. The van der Waals surface area contributed by atoms with E-state index in [1.54, 1.807) is 0 Å². The van der Waals surface area contributed by atoms with E-state index in [0.717, 1.165) is 37.3 Å². The minimum absolute atomic E-state index is 0.201. The maximum atomic E-state index is 12.7. The number of aromatic amines is 1. The maximum Gasteiger partial charge on any atom is 0.416 e. The number of nitrogens with zero attached hydrogens (tertiary/aromatic N) is 2. The largest absolute Gasteiger partial charge is 0.416 e. The lowest BCUT2D eigenvalue weighted by Gasteiger charge is -2.28. The summed E-state index contributed by atoms with van der Waals surface area (Å²) in [5.41, 5.74) is 0.951. The maximum absolute atomic E-state index is 12.7. The summed E-state index contributed by atoms with van der Waals surface area (Å²) in [6.07, 6.45) is -2.67. The van der Waals surface area contributed by atoms with E-state index in [2.05, 4.69) is 28.7 Å². The van der Waals surface area contributed by atoms with Gasteiger partial charge in [-0.1, -0.05) is 26.0 Å². The molecule has 2 aromatic rings. The lowest BCUT2D eigenvalue weighted by Crippen LogP contribution is -2.36. The summed E-state index contributed by atoms with van der Waals surface area (Å²) in [5.74, 6) is 0.916. The molecule has 0 saturated carbocycles. The topological polar surface area (TPSA) is 49.0 Å². The predicted molar refractivity (Wildman–Crippen MR) is 93.7 cm³/mol. The zero-order valence-corrected chi connectivity index (χ0v) is 14.9. The van der Waals surface area contributed by atoms with Crippen molar-refractivity contribution in [2.24, 2.45) is 5.92 Å². The van der Waals surface area contributed by atoms with Gasteiger partial charge in [0, 0.05) is 24.2 Å². The Balaban J connectivity index is 1.86. The lowest BCUT2D eigenvalue weighted by molar-refractivity contribution is -0.137. The Kier molecular flexibility index (Phi) is 5.18. The van der Waals surface area contributed by atoms with E-state index in [-0.39, 0.29) is 5.56 Å². The molecule has 1 aromatic heterocycles. The molecule has 2 heterocycles. The summed E-state index contributed by atoms with van der Waals surface area (Å²) >= 11 is 0. The molecular weight excluding hydrogens is 343 g/mol. The first-order valence-corrected chi connectivity index (χ1v) is 8.76. The summed E-state index contributed by atoms with van der Waals surface area (Å²) < 4.78 is 38.1. The third-order valence-corrected chi connectivity index (χ3v) is 4.66. The van der Waals surface area contributed by atoms with Crippen LogP contribution >= 0.6 is 0 Å². The lowest BCUT2D eigenvalue weighted by atomic mass is 10.0. The van der Waals surface area contributed by atoms with Gasteiger partial charge in [-0.3, -0.25) is 9.69 Å². The van der Waals surface area contributed by atoms with Gasteiger partial charge in [0.1, 0.15) is 5.82 Å². The number of nitrogens with one attached hydrogen (secondary N) is 1. The highest BCUT2D eigenvalue weighted by molar-refractivity contribution is 5.56. The van der Waals surface area contributed by atoms with Gasteiger partial charge in [-0.05, 0) is 37.4 Å². The molecule has 140 valence electrons. The first-order chi connectivity index (χ1) is 12.2. The second kappa shape index (κ2) is 7.23. The molecule has 7 heteroatoms. The number of benzene rings is 1. The Morgan fingerprint density at radius 1 is 1.23 bits per heavy atom. The van der Waals surface area contributed by atoms with Crippen LogP contribution in [0.4, 0.5) is 13.2 Å². The summed E-state index contributed by atoms with van der Waals surface area (Å²) in [5, 5.41) is 0. The van der Waals surface area contributed by atoms with Crippen LogP contribution in [0.5, 0.6) is 0 Å². The molecule has 1 aromatic carbocycles. The van der Waals surface area contributed by atoms with Crippen LogP contribution < -0.4 is 5.56 Å². The zero-order chi connectivity index (χ0) is 18.9. The molecule has 0 unspecified atom stereocenters. The van der Waals surface area contributed by atoms with Gasteiger partial charge in [0.25, 0.3) is 5.56 Å². The summed E-state index contributed by atoms with van der Waals surface area (Å²) in [6, 6.07) is 4.69. The van der Waals surface area contributed by atoms with Gasteiger partial charge in [0.05, 0.1) is 11.3 Å². The number of halogens is 3. The van der Waals surface area contributed by atoms with Crippen molar-refractivity contribution in [2.45, 2.75) is 39.4 Å². The number of H-pyrrole nitrogens is 1. The number of hydrogen-bond acceptors (Lipinski definition) is 3. The molecule has 0 amide bonds. The van der Waals surface area contributed by atoms with E-state index in [1.165, 1.54) is 12.1 Å². The molecule has 0 spiro atoms. The number of aromatic nitrogens is 2. The third-order valence-electron chi connectivity index (χ3n) is 4.66. The molecule has 0 bridgehead atoms. The van der Waals surface area contributed by atoms with Crippen LogP contribution in [-0.2, 0) is 19.1 Å². The fourth-order valence-electron chi connectivity index (χ4n) is 3.08. The standard InChI is InChI=1S/C19H22F3N3O/c1-12(2)7-9-25-10-8-15-16(11-25)23-17(24-18(15)26)13-3-5-14(6-4-13)19(20,21)22/h3-6,12H,7-11H2,1-2H3,(H,23,24,26). The Labute approximate surface area is 150 Å². The number of rotatable bonds is 4. The Morgan fingerprint density at radius 3 is 2.54 bits per heavy atom. The Bertz CT molecular complexity index is 825. The van der Waals surface area contributed by atoms with Crippen LogP contribution in [-0.4, -0.2) is 28.0 Å². The van der Waals surface area contributed by atoms with Crippen LogP contribution in [0.3, 0.4) is 0 Å². The molecule has 3 rings (SSSR count). The SMILES string of the molecule is CC(C)CCN1CCc2c(nc(-c3ccc(C(F)(F)F)cc3)[nH]c2=O)C1. The van der Waals surface area contributed by atoms with Crippen LogP contribution in [0, 0.1) is 5.92 Å². The van der Waals surface area contributed by atoms with Crippen LogP contribution in [0.15, 0.2) is 29.1 Å². The molecule has 26 heavy (non-hydrogen) atoms. The van der Waals surface area contributed by atoms with Gasteiger partial charge < -0.3 is 4.98 Å². The normalized spacial score (nSPS) is 15.3. The van der Waals surface area contributed by atoms with Crippen molar-refractivity contribution in [1.82, 2.24) is 14.9 Å². The predicted octanol–water partition coefficient (Wildman–Crippen LogP) is 3.86. The van der Waals surface area contributed by atoms with Crippen molar-refractivity contribution in [2.75, 3.05) is 13.1 Å². The fraction of sp³-hybridized carbons (Fsp3) is 0.474. The van der Waals surface area contributed by atoms with Crippen molar-refractivity contribution in [1.29, 1.82) is 0 Å². The second-order valence-corrected chi connectivity index (χ2v) is 7.12. The molecule has 0 radical (unpaired) electrons.